The molecule has 1 aliphatic rings. The van der Waals surface area contributed by atoms with Crippen LogP contribution < -0.4 is 5.32 Å². The summed E-state index contributed by atoms with van der Waals surface area (Å²) < 4.78 is 12.9. The molecule has 1 heterocycles. The van der Waals surface area contributed by atoms with Gasteiger partial charge in [-0.15, -0.1) is 0 Å². The molecule has 5 heteroatoms. The summed E-state index contributed by atoms with van der Waals surface area (Å²) in [5.41, 5.74) is 3.48. The molecule has 0 spiro atoms. The number of benzene rings is 2. The van der Waals surface area contributed by atoms with Crippen LogP contribution in [0.4, 0.5) is 10.1 Å². The summed E-state index contributed by atoms with van der Waals surface area (Å²) in [6, 6.07) is 14.9. The Labute approximate surface area is 148 Å². The van der Waals surface area contributed by atoms with Gasteiger partial charge in [0.1, 0.15) is 5.82 Å². The summed E-state index contributed by atoms with van der Waals surface area (Å²) >= 11 is 5.48. The normalized spacial score (nSPS) is 15.3. The van der Waals surface area contributed by atoms with E-state index in [1.807, 2.05) is 0 Å². The Morgan fingerprint density at radius 2 is 1.79 bits per heavy atom. The maximum atomic E-state index is 12.9. The quantitative estimate of drug-likeness (QED) is 0.857. The number of anilines is 1. The summed E-state index contributed by atoms with van der Waals surface area (Å²) in [5, 5.41) is 3.89. The number of halogens is 1. The van der Waals surface area contributed by atoms with Crippen molar-refractivity contribution in [3.8, 4) is 0 Å². The summed E-state index contributed by atoms with van der Waals surface area (Å²) in [4.78, 5) is 4.62. The monoisotopic (exact) mass is 343 g/mol. The van der Waals surface area contributed by atoms with Gasteiger partial charge in [-0.05, 0) is 49.0 Å². The van der Waals surface area contributed by atoms with E-state index in [9.17, 15) is 4.39 Å². The van der Waals surface area contributed by atoms with Crippen molar-refractivity contribution in [2.24, 2.45) is 0 Å². The third-order valence-electron chi connectivity index (χ3n) is 4.24. The minimum Gasteiger partial charge on any atom is -0.346 e. The fourth-order valence-corrected chi connectivity index (χ4v) is 3.21. The Balaban J connectivity index is 1.49. The Bertz CT molecular complexity index is 694. The van der Waals surface area contributed by atoms with Crippen molar-refractivity contribution in [1.82, 2.24) is 9.80 Å². The number of aryl methyl sites for hydroxylation is 1. The van der Waals surface area contributed by atoms with E-state index in [0.717, 1.165) is 38.4 Å². The fourth-order valence-electron chi connectivity index (χ4n) is 2.91. The van der Waals surface area contributed by atoms with Crippen molar-refractivity contribution < 1.29 is 4.39 Å². The first-order chi connectivity index (χ1) is 11.6. The third kappa shape index (κ3) is 4.52. The van der Waals surface area contributed by atoms with E-state index in [0.29, 0.717) is 5.11 Å². The zero-order valence-corrected chi connectivity index (χ0v) is 14.7. The highest BCUT2D eigenvalue weighted by atomic mass is 32.1. The van der Waals surface area contributed by atoms with Crippen LogP contribution in [0.25, 0.3) is 0 Å². The number of rotatable bonds is 3. The lowest BCUT2D eigenvalue weighted by Crippen LogP contribution is -2.49. The SMILES string of the molecule is Cc1cccc(CN2CCN(C(=S)Nc3ccc(F)cc3)CC2)c1. The van der Waals surface area contributed by atoms with Gasteiger partial charge in [0, 0.05) is 38.4 Å². The lowest BCUT2D eigenvalue weighted by Gasteiger charge is -2.36. The van der Waals surface area contributed by atoms with Gasteiger partial charge in [-0.3, -0.25) is 4.90 Å². The number of hydrogen-bond acceptors (Lipinski definition) is 2. The molecule has 0 atom stereocenters. The Morgan fingerprint density at radius 3 is 2.46 bits per heavy atom. The van der Waals surface area contributed by atoms with E-state index in [2.05, 4.69) is 46.3 Å². The number of nitrogens with one attached hydrogen (secondary N) is 1. The lowest BCUT2D eigenvalue weighted by molar-refractivity contribution is 0.177. The van der Waals surface area contributed by atoms with Crippen LogP contribution in [0.3, 0.4) is 0 Å². The summed E-state index contributed by atoms with van der Waals surface area (Å²) in [5.74, 6) is -0.240. The van der Waals surface area contributed by atoms with Gasteiger partial charge in [-0.1, -0.05) is 29.8 Å². The summed E-state index contributed by atoms with van der Waals surface area (Å²) in [6.45, 7) is 6.88. The number of piperazine rings is 1. The smallest absolute Gasteiger partial charge is 0.173 e. The van der Waals surface area contributed by atoms with Crippen LogP contribution in [0.5, 0.6) is 0 Å². The predicted molar refractivity (Wildman–Crippen MR) is 101 cm³/mol. The maximum Gasteiger partial charge on any atom is 0.173 e. The first-order valence-corrected chi connectivity index (χ1v) is 8.60. The zero-order valence-electron chi connectivity index (χ0n) is 13.8. The van der Waals surface area contributed by atoms with Gasteiger partial charge in [0.25, 0.3) is 0 Å². The van der Waals surface area contributed by atoms with Crippen LogP contribution in [-0.2, 0) is 6.54 Å². The van der Waals surface area contributed by atoms with E-state index < -0.39 is 0 Å². The number of hydrogen-bond donors (Lipinski definition) is 1. The molecule has 0 aromatic heterocycles. The van der Waals surface area contributed by atoms with E-state index >= 15 is 0 Å². The van der Waals surface area contributed by atoms with E-state index in [4.69, 9.17) is 12.2 Å². The minimum absolute atomic E-state index is 0.240. The van der Waals surface area contributed by atoms with Crippen LogP contribution in [0.15, 0.2) is 48.5 Å². The van der Waals surface area contributed by atoms with Crippen molar-refractivity contribution in [3.05, 3.63) is 65.5 Å². The molecule has 126 valence electrons. The largest absolute Gasteiger partial charge is 0.346 e. The molecule has 3 rings (SSSR count). The van der Waals surface area contributed by atoms with Crippen LogP contribution in [0.1, 0.15) is 11.1 Å². The molecular formula is C19H22FN3S. The van der Waals surface area contributed by atoms with Gasteiger partial charge in [0.2, 0.25) is 0 Å². The first kappa shape index (κ1) is 16.9. The average Bonchev–Trinajstić information content (AvgIpc) is 2.57. The lowest BCUT2D eigenvalue weighted by atomic mass is 10.1. The van der Waals surface area contributed by atoms with E-state index in [1.54, 1.807) is 12.1 Å². The number of nitrogens with zero attached hydrogens (tertiary/aromatic N) is 2. The van der Waals surface area contributed by atoms with Crippen LogP contribution in [0.2, 0.25) is 0 Å². The van der Waals surface area contributed by atoms with Gasteiger partial charge < -0.3 is 10.2 Å². The average molecular weight is 343 g/mol. The summed E-state index contributed by atoms with van der Waals surface area (Å²) in [6.07, 6.45) is 0. The first-order valence-electron chi connectivity index (χ1n) is 8.19. The van der Waals surface area contributed by atoms with E-state index in [1.165, 1.54) is 23.3 Å². The molecule has 1 aliphatic heterocycles. The predicted octanol–water partition coefficient (Wildman–Crippen LogP) is 3.65. The molecule has 1 saturated heterocycles. The molecule has 2 aromatic rings. The van der Waals surface area contributed by atoms with Gasteiger partial charge in [0.05, 0.1) is 0 Å². The molecule has 0 saturated carbocycles. The molecule has 1 N–H and O–H groups in total. The molecule has 3 nitrogen and oxygen atoms in total. The van der Waals surface area contributed by atoms with Gasteiger partial charge in [-0.25, -0.2) is 4.39 Å². The van der Waals surface area contributed by atoms with Crippen molar-refractivity contribution in [1.29, 1.82) is 0 Å². The second-order valence-electron chi connectivity index (χ2n) is 6.19. The molecular weight excluding hydrogens is 321 g/mol. The van der Waals surface area contributed by atoms with Crippen LogP contribution in [-0.4, -0.2) is 41.1 Å². The fraction of sp³-hybridized carbons (Fsp3) is 0.316. The highest BCUT2D eigenvalue weighted by molar-refractivity contribution is 7.80. The van der Waals surface area contributed by atoms with Crippen LogP contribution in [0, 0.1) is 12.7 Å². The molecule has 2 aromatic carbocycles. The Hall–Kier alpha value is -1.98. The van der Waals surface area contributed by atoms with Crippen molar-refractivity contribution >= 4 is 23.0 Å². The van der Waals surface area contributed by atoms with Crippen molar-refractivity contribution in [3.63, 3.8) is 0 Å². The zero-order chi connectivity index (χ0) is 16.9. The topological polar surface area (TPSA) is 18.5 Å². The Kier molecular flexibility index (Phi) is 5.43. The van der Waals surface area contributed by atoms with Crippen molar-refractivity contribution in [2.45, 2.75) is 13.5 Å². The van der Waals surface area contributed by atoms with Gasteiger partial charge >= 0.3 is 0 Å². The second-order valence-corrected chi connectivity index (χ2v) is 6.58. The molecule has 0 bridgehead atoms. The van der Waals surface area contributed by atoms with Crippen LogP contribution >= 0.6 is 12.2 Å². The molecule has 0 amide bonds. The standard InChI is InChI=1S/C19H22FN3S/c1-15-3-2-4-16(13-15)14-22-9-11-23(12-10-22)19(24)21-18-7-5-17(20)6-8-18/h2-8,13H,9-12,14H2,1H3,(H,21,24). The van der Waals surface area contributed by atoms with Gasteiger partial charge in [-0.2, -0.15) is 0 Å². The van der Waals surface area contributed by atoms with E-state index in [-0.39, 0.29) is 5.82 Å². The minimum atomic E-state index is -0.240. The molecule has 0 aliphatic carbocycles. The maximum absolute atomic E-state index is 12.9. The number of thiocarbonyl (C=S) groups is 1. The molecule has 0 unspecified atom stereocenters. The van der Waals surface area contributed by atoms with Gasteiger partial charge in [0.15, 0.2) is 5.11 Å². The Morgan fingerprint density at radius 1 is 1.08 bits per heavy atom. The molecule has 0 radical (unpaired) electrons. The second kappa shape index (κ2) is 7.73. The highest BCUT2D eigenvalue weighted by Gasteiger charge is 2.19. The third-order valence-corrected chi connectivity index (χ3v) is 4.60. The summed E-state index contributed by atoms with van der Waals surface area (Å²) in [7, 11) is 0. The molecule has 24 heavy (non-hydrogen) atoms. The molecule has 1 fully saturated rings. The van der Waals surface area contributed by atoms with Crippen molar-refractivity contribution in [2.75, 3.05) is 31.5 Å². The highest BCUT2D eigenvalue weighted by Crippen LogP contribution is 2.13.